The summed E-state index contributed by atoms with van der Waals surface area (Å²) in [7, 11) is 0. The molecule has 3 rings (SSSR count). The van der Waals surface area contributed by atoms with Crippen molar-refractivity contribution < 1.29 is 4.79 Å². The van der Waals surface area contributed by atoms with Gasteiger partial charge >= 0.3 is 0 Å². The van der Waals surface area contributed by atoms with Crippen LogP contribution in [0.5, 0.6) is 0 Å². The Morgan fingerprint density at radius 1 is 0.968 bits per heavy atom. The van der Waals surface area contributed by atoms with E-state index in [4.69, 9.17) is 11.6 Å². The third kappa shape index (κ3) is 5.84. The number of carbonyl (C=O) groups excluding carboxylic acids is 1. The number of carbonyl (C=O) groups is 1. The number of nitrogens with zero attached hydrogens (tertiary/aromatic N) is 1. The van der Waals surface area contributed by atoms with Gasteiger partial charge in [0, 0.05) is 10.7 Å². The van der Waals surface area contributed by atoms with Crippen molar-refractivity contribution in [3.05, 3.63) is 104 Å². The quantitative estimate of drug-likeness (QED) is 0.362. The monoisotopic (exact) mass is 428 g/mol. The van der Waals surface area contributed by atoms with Crippen molar-refractivity contribution in [2.24, 2.45) is 0 Å². The molecule has 3 aromatic rings. The molecule has 0 spiro atoms. The predicted octanol–water partition coefficient (Wildman–Crippen LogP) is 6.71. The van der Waals surface area contributed by atoms with Crippen molar-refractivity contribution in [3.8, 4) is 6.07 Å². The van der Waals surface area contributed by atoms with Crippen LogP contribution >= 0.6 is 11.6 Å². The third-order valence-electron chi connectivity index (χ3n) is 5.09. The Morgan fingerprint density at radius 2 is 1.68 bits per heavy atom. The van der Waals surface area contributed by atoms with E-state index >= 15 is 0 Å². The van der Waals surface area contributed by atoms with Gasteiger partial charge in [-0.1, -0.05) is 59.1 Å². The van der Waals surface area contributed by atoms with Crippen molar-refractivity contribution in [1.29, 1.82) is 5.26 Å². The predicted molar refractivity (Wildman–Crippen MR) is 128 cm³/mol. The van der Waals surface area contributed by atoms with Crippen LogP contribution in [0.4, 0.5) is 5.69 Å². The first-order chi connectivity index (χ1) is 14.7. The molecule has 0 saturated heterocycles. The van der Waals surface area contributed by atoms with Crippen molar-refractivity contribution in [2.45, 2.75) is 34.1 Å². The molecule has 0 unspecified atom stereocenters. The third-order valence-corrected chi connectivity index (χ3v) is 5.33. The van der Waals surface area contributed by atoms with Crippen molar-refractivity contribution >= 4 is 29.3 Å². The van der Waals surface area contributed by atoms with Gasteiger partial charge < -0.3 is 5.32 Å². The number of nitrogens with one attached hydrogen (secondary N) is 1. The van der Waals surface area contributed by atoms with Crippen LogP contribution in [0.15, 0.2) is 60.2 Å². The van der Waals surface area contributed by atoms with E-state index in [1.807, 2.05) is 50.2 Å². The van der Waals surface area contributed by atoms with E-state index < -0.39 is 5.91 Å². The van der Waals surface area contributed by atoms with Gasteiger partial charge in [0.2, 0.25) is 0 Å². The Labute approximate surface area is 189 Å². The molecular formula is C27H25ClN2O. The molecule has 3 nitrogen and oxygen atoms in total. The zero-order valence-corrected chi connectivity index (χ0v) is 19.0. The van der Waals surface area contributed by atoms with E-state index in [1.54, 1.807) is 12.1 Å². The van der Waals surface area contributed by atoms with Crippen LogP contribution in [0.1, 0.15) is 38.9 Å². The van der Waals surface area contributed by atoms with E-state index in [0.717, 1.165) is 22.3 Å². The summed E-state index contributed by atoms with van der Waals surface area (Å²) < 4.78 is 0. The Hall–Kier alpha value is -3.35. The fourth-order valence-electron chi connectivity index (χ4n) is 3.62. The molecule has 0 aliphatic heterocycles. The summed E-state index contributed by atoms with van der Waals surface area (Å²) in [4.78, 5) is 12.8. The molecule has 0 heterocycles. The fourth-order valence-corrected chi connectivity index (χ4v) is 3.80. The van der Waals surface area contributed by atoms with E-state index in [1.165, 1.54) is 16.7 Å². The Morgan fingerprint density at radius 3 is 2.35 bits per heavy atom. The van der Waals surface area contributed by atoms with Crippen LogP contribution in [0.2, 0.25) is 5.02 Å². The average molecular weight is 429 g/mol. The Balaban J connectivity index is 1.94. The first kappa shape index (κ1) is 22.3. The largest absolute Gasteiger partial charge is 0.321 e. The number of anilines is 1. The molecule has 0 aromatic heterocycles. The molecular weight excluding hydrogens is 404 g/mol. The van der Waals surface area contributed by atoms with Crippen molar-refractivity contribution in [1.82, 2.24) is 0 Å². The van der Waals surface area contributed by atoms with Gasteiger partial charge in [0.25, 0.3) is 5.91 Å². The van der Waals surface area contributed by atoms with Crippen molar-refractivity contribution in [3.63, 3.8) is 0 Å². The Bertz CT molecular complexity index is 1200. The number of aryl methyl sites for hydroxylation is 4. The molecule has 1 N–H and O–H groups in total. The summed E-state index contributed by atoms with van der Waals surface area (Å²) in [5.41, 5.74) is 8.05. The molecule has 0 bridgehead atoms. The van der Waals surface area contributed by atoms with Gasteiger partial charge in [-0.2, -0.15) is 5.26 Å². The van der Waals surface area contributed by atoms with E-state index in [-0.39, 0.29) is 5.57 Å². The van der Waals surface area contributed by atoms with Crippen molar-refractivity contribution in [2.75, 3.05) is 5.32 Å². The summed E-state index contributed by atoms with van der Waals surface area (Å²) >= 11 is 6.23. The lowest BCUT2D eigenvalue weighted by Crippen LogP contribution is -2.14. The second kappa shape index (κ2) is 9.64. The minimum Gasteiger partial charge on any atom is -0.321 e. The number of rotatable bonds is 5. The first-order valence-electron chi connectivity index (χ1n) is 10.1. The molecule has 0 saturated carbocycles. The summed E-state index contributed by atoms with van der Waals surface area (Å²) in [5.74, 6) is -0.437. The number of hydrogen-bond acceptors (Lipinski definition) is 2. The fraction of sp³-hybridized carbons (Fsp3) is 0.185. The number of amides is 1. The summed E-state index contributed by atoms with van der Waals surface area (Å²) in [6.45, 7) is 8.03. The van der Waals surface area contributed by atoms with Gasteiger partial charge in [0.05, 0.1) is 0 Å². The zero-order chi connectivity index (χ0) is 22.5. The van der Waals surface area contributed by atoms with Gasteiger partial charge in [0.1, 0.15) is 11.6 Å². The molecule has 0 aliphatic rings. The summed E-state index contributed by atoms with van der Waals surface area (Å²) in [6.07, 6.45) is 2.30. The molecule has 156 valence electrons. The highest BCUT2D eigenvalue weighted by Crippen LogP contribution is 2.24. The average Bonchev–Trinajstić information content (AvgIpc) is 2.70. The maximum absolute atomic E-state index is 12.8. The van der Waals surface area contributed by atoms with Gasteiger partial charge in [-0.25, -0.2) is 0 Å². The second-order valence-electron chi connectivity index (χ2n) is 7.96. The van der Waals surface area contributed by atoms with Gasteiger partial charge in [0.15, 0.2) is 0 Å². The van der Waals surface area contributed by atoms with Crippen LogP contribution in [-0.4, -0.2) is 5.91 Å². The van der Waals surface area contributed by atoms with Crippen LogP contribution in [-0.2, 0) is 11.2 Å². The lowest BCUT2D eigenvalue weighted by atomic mass is 9.96. The first-order valence-corrected chi connectivity index (χ1v) is 10.5. The van der Waals surface area contributed by atoms with E-state index in [0.29, 0.717) is 17.1 Å². The second-order valence-corrected chi connectivity index (χ2v) is 8.39. The maximum atomic E-state index is 12.8. The number of hydrogen-bond donors (Lipinski definition) is 1. The molecule has 0 fully saturated rings. The summed E-state index contributed by atoms with van der Waals surface area (Å²) in [5, 5.41) is 13.1. The standard InChI is InChI=1S/C27H25ClN2O/c1-17-5-6-20(4)26(12-17)30-27(31)24(16-29)14-23-15-25(28)8-7-22(23)13-21-10-18(2)9-19(3)11-21/h5-12,14-15H,13H2,1-4H3,(H,30,31)/b24-14+. The van der Waals surface area contributed by atoms with Crippen LogP contribution in [0.25, 0.3) is 6.08 Å². The lowest BCUT2D eigenvalue weighted by Gasteiger charge is -2.11. The van der Waals surface area contributed by atoms with Gasteiger partial charge in [-0.05, 0) is 86.2 Å². The number of benzene rings is 3. The molecule has 3 aromatic carbocycles. The Kier molecular flexibility index (Phi) is 6.95. The minimum absolute atomic E-state index is 0.0323. The highest BCUT2D eigenvalue weighted by Gasteiger charge is 2.13. The molecule has 0 atom stereocenters. The van der Waals surface area contributed by atoms with Gasteiger partial charge in [-0.15, -0.1) is 0 Å². The topological polar surface area (TPSA) is 52.9 Å². The molecule has 31 heavy (non-hydrogen) atoms. The number of nitriles is 1. The molecule has 0 radical (unpaired) electrons. The summed E-state index contributed by atoms with van der Waals surface area (Å²) in [6, 6.07) is 19.9. The van der Waals surface area contributed by atoms with Crippen LogP contribution in [0.3, 0.4) is 0 Å². The highest BCUT2D eigenvalue weighted by atomic mass is 35.5. The smallest absolute Gasteiger partial charge is 0.266 e. The van der Waals surface area contributed by atoms with Crippen LogP contribution < -0.4 is 5.32 Å². The lowest BCUT2D eigenvalue weighted by molar-refractivity contribution is -0.112. The molecule has 1 amide bonds. The maximum Gasteiger partial charge on any atom is 0.266 e. The molecule has 0 aliphatic carbocycles. The number of halogens is 1. The van der Waals surface area contributed by atoms with E-state index in [2.05, 4.69) is 37.4 Å². The van der Waals surface area contributed by atoms with E-state index in [9.17, 15) is 10.1 Å². The van der Waals surface area contributed by atoms with Crippen LogP contribution in [0, 0.1) is 39.0 Å². The van der Waals surface area contributed by atoms with Gasteiger partial charge in [-0.3, -0.25) is 4.79 Å². The normalized spacial score (nSPS) is 11.2. The zero-order valence-electron chi connectivity index (χ0n) is 18.2. The SMILES string of the molecule is Cc1cc(C)cc(Cc2ccc(Cl)cc2/C=C(\C#N)C(=O)Nc2cc(C)ccc2C)c1. The highest BCUT2D eigenvalue weighted by molar-refractivity contribution is 6.30. The molecule has 4 heteroatoms. The minimum atomic E-state index is -0.437.